The number of nitrogen functional groups attached to an aromatic ring is 1. The molecule has 1 atom stereocenters. The predicted molar refractivity (Wildman–Crippen MR) is 126 cm³/mol. The maximum Gasteiger partial charge on any atom is 0.247 e. The van der Waals surface area contributed by atoms with Gasteiger partial charge in [-0.3, -0.25) is 14.4 Å². The van der Waals surface area contributed by atoms with Gasteiger partial charge in [-0.2, -0.15) is 0 Å². The molecule has 1 aromatic heterocycles. The van der Waals surface area contributed by atoms with Gasteiger partial charge in [-0.05, 0) is 35.9 Å². The summed E-state index contributed by atoms with van der Waals surface area (Å²) in [6.45, 7) is 1.05. The molecular weight excluding hydrogens is 464 g/mol. The van der Waals surface area contributed by atoms with Gasteiger partial charge in [-0.15, -0.1) is 11.8 Å². The highest BCUT2D eigenvalue weighted by Gasteiger charge is 2.38. The summed E-state index contributed by atoms with van der Waals surface area (Å²) in [4.78, 5) is 50.5. The highest BCUT2D eigenvalue weighted by atomic mass is 35.5. The highest BCUT2D eigenvalue weighted by Crippen LogP contribution is 2.38. The lowest BCUT2D eigenvalue weighted by Crippen LogP contribution is -2.55. The van der Waals surface area contributed by atoms with Crippen LogP contribution in [-0.2, 0) is 20.9 Å². The Bertz CT molecular complexity index is 1300. The zero-order chi connectivity index (χ0) is 23.1. The normalized spacial score (nSPS) is 18.3. The van der Waals surface area contributed by atoms with Gasteiger partial charge in [0.15, 0.2) is 5.25 Å². The van der Waals surface area contributed by atoms with Crippen LogP contribution < -0.4 is 11.1 Å². The molecule has 2 aromatic carbocycles. The van der Waals surface area contributed by atoms with Crippen molar-refractivity contribution in [1.29, 1.82) is 0 Å². The number of nitrogens with two attached hydrogens (primary N) is 1. The average molecular weight is 483 g/mol. The van der Waals surface area contributed by atoms with Crippen molar-refractivity contribution in [1.82, 2.24) is 19.8 Å². The van der Waals surface area contributed by atoms with Crippen LogP contribution in [0.3, 0.4) is 0 Å². The summed E-state index contributed by atoms with van der Waals surface area (Å²) in [5.41, 5.74) is 8.08. The number of piperazine rings is 1. The number of carbonyl (C=O) groups excluding carboxylic acids is 3. The second-order valence-electron chi connectivity index (χ2n) is 7.81. The lowest BCUT2D eigenvalue weighted by atomic mass is 10.1. The van der Waals surface area contributed by atoms with Gasteiger partial charge >= 0.3 is 0 Å². The molecule has 3 aromatic rings. The van der Waals surface area contributed by atoms with Crippen molar-refractivity contribution < 1.29 is 14.4 Å². The van der Waals surface area contributed by atoms with Crippen molar-refractivity contribution in [3.8, 4) is 0 Å². The number of halogens is 1. The molecule has 1 unspecified atom stereocenters. The Morgan fingerprint density at radius 1 is 1.18 bits per heavy atom. The number of rotatable bonds is 3. The largest absolute Gasteiger partial charge is 0.383 e. The number of amides is 3. The number of nitrogens with zero attached hydrogens (tertiary/aromatic N) is 4. The van der Waals surface area contributed by atoms with E-state index in [1.807, 2.05) is 18.2 Å². The number of thioether (sulfide) groups is 1. The third-order valence-electron chi connectivity index (χ3n) is 5.64. The third kappa shape index (κ3) is 4.19. The molecule has 1 fully saturated rings. The summed E-state index contributed by atoms with van der Waals surface area (Å²) < 4.78 is 0. The SMILES string of the molecule is Nc1ncnc2cc(CN3CCN(C(=O)C4Sc5ccc(Cl)cc5NC4=O)CC3=O)ccc12. The van der Waals surface area contributed by atoms with Crippen LogP contribution in [-0.4, -0.2) is 62.4 Å². The molecule has 11 heteroatoms. The molecule has 3 heterocycles. The summed E-state index contributed by atoms with van der Waals surface area (Å²) in [7, 11) is 0. The van der Waals surface area contributed by atoms with Gasteiger partial charge in [0.2, 0.25) is 17.7 Å². The summed E-state index contributed by atoms with van der Waals surface area (Å²) in [5.74, 6) is -0.550. The fraction of sp³-hybridized carbons (Fsp3) is 0.227. The van der Waals surface area contributed by atoms with Crippen LogP contribution in [0.2, 0.25) is 5.02 Å². The maximum absolute atomic E-state index is 13.1. The van der Waals surface area contributed by atoms with Crippen LogP contribution >= 0.6 is 23.4 Å². The first-order chi connectivity index (χ1) is 15.9. The first-order valence-electron chi connectivity index (χ1n) is 10.2. The molecule has 0 radical (unpaired) electrons. The molecule has 0 spiro atoms. The molecule has 3 amide bonds. The van der Waals surface area contributed by atoms with Gasteiger partial charge in [0.25, 0.3) is 0 Å². The Labute approximate surface area is 198 Å². The van der Waals surface area contributed by atoms with E-state index in [0.717, 1.165) is 15.8 Å². The summed E-state index contributed by atoms with van der Waals surface area (Å²) in [5, 5.41) is 3.06. The van der Waals surface area contributed by atoms with E-state index in [1.54, 1.807) is 23.1 Å². The monoisotopic (exact) mass is 482 g/mol. The van der Waals surface area contributed by atoms with Crippen molar-refractivity contribution in [2.75, 3.05) is 30.7 Å². The molecule has 0 bridgehead atoms. The second-order valence-corrected chi connectivity index (χ2v) is 9.40. The molecule has 0 aliphatic carbocycles. The topological polar surface area (TPSA) is 122 Å². The Balaban J connectivity index is 1.25. The number of nitrogens with one attached hydrogen (secondary N) is 1. The van der Waals surface area contributed by atoms with E-state index in [4.69, 9.17) is 17.3 Å². The average Bonchev–Trinajstić information content (AvgIpc) is 2.79. The van der Waals surface area contributed by atoms with E-state index in [0.29, 0.717) is 41.7 Å². The Morgan fingerprint density at radius 2 is 2.03 bits per heavy atom. The van der Waals surface area contributed by atoms with Crippen LogP contribution in [0.15, 0.2) is 47.6 Å². The fourth-order valence-corrected chi connectivity index (χ4v) is 5.14. The van der Waals surface area contributed by atoms with E-state index in [9.17, 15) is 14.4 Å². The van der Waals surface area contributed by atoms with Gasteiger partial charge in [-0.1, -0.05) is 17.7 Å². The molecule has 168 valence electrons. The first-order valence-corrected chi connectivity index (χ1v) is 11.5. The first kappa shape index (κ1) is 21.5. The number of hydrogen-bond acceptors (Lipinski definition) is 7. The fourth-order valence-electron chi connectivity index (χ4n) is 3.92. The van der Waals surface area contributed by atoms with E-state index < -0.39 is 11.2 Å². The quantitative estimate of drug-likeness (QED) is 0.548. The minimum absolute atomic E-state index is 0.0701. The number of anilines is 2. The van der Waals surface area contributed by atoms with Crippen molar-refractivity contribution in [2.24, 2.45) is 0 Å². The minimum atomic E-state index is -0.941. The van der Waals surface area contributed by atoms with Crippen LogP contribution in [0, 0.1) is 0 Å². The van der Waals surface area contributed by atoms with Crippen molar-refractivity contribution in [3.05, 3.63) is 53.3 Å². The highest BCUT2D eigenvalue weighted by molar-refractivity contribution is 8.01. The number of fused-ring (bicyclic) bond motifs is 2. The predicted octanol–water partition coefficient (Wildman–Crippen LogP) is 2.15. The van der Waals surface area contributed by atoms with Crippen LogP contribution in [0.4, 0.5) is 11.5 Å². The van der Waals surface area contributed by atoms with E-state index >= 15 is 0 Å². The second kappa shape index (κ2) is 8.53. The van der Waals surface area contributed by atoms with Crippen molar-refractivity contribution in [3.63, 3.8) is 0 Å². The smallest absolute Gasteiger partial charge is 0.247 e. The van der Waals surface area contributed by atoms with Crippen LogP contribution in [0.25, 0.3) is 10.9 Å². The van der Waals surface area contributed by atoms with Gasteiger partial charge in [0.05, 0.1) is 17.7 Å². The zero-order valence-corrected chi connectivity index (χ0v) is 18.9. The molecule has 0 saturated carbocycles. The molecular formula is C22H19ClN6O3S. The lowest BCUT2D eigenvalue weighted by molar-refractivity contribution is -0.146. The maximum atomic E-state index is 13.1. The van der Waals surface area contributed by atoms with E-state index in [2.05, 4.69) is 15.3 Å². The van der Waals surface area contributed by atoms with Crippen LogP contribution in [0.5, 0.6) is 0 Å². The zero-order valence-electron chi connectivity index (χ0n) is 17.3. The lowest BCUT2D eigenvalue weighted by Gasteiger charge is -2.36. The number of carbonyl (C=O) groups is 3. The van der Waals surface area contributed by atoms with Crippen molar-refractivity contribution in [2.45, 2.75) is 16.7 Å². The Morgan fingerprint density at radius 3 is 2.85 bits per heavy atom. The molecule has 5 rings (SSSR count). The summed E-state index contributed by atoms with van der Waals surface area (Å²) >= 11 is 7.15. The molecule has 2 aliphatic rings. The Kier molecular flexibility index (Phi) is 5.55. The van der Waals surface area contributed by atoms with Crippen molar-refractivity contribution >= 4 is 63.5 Å². The van der Waals surface area contributed by atoms with Gasteiger partial charge in [0, 0.05) is 34.9 Å². The summed E-state index contributed by atoms with van der Waals surface area (Å²) in [6, 6.07) is 10.7. The molecule has 1 saturated heterocycles. The molecule has 9 nitrogen and oxygen atoms in total. The Hall–Kier alpha value is -3.37. The number of hydrogen-bond donors (Lipinski definition) is 2. The van der Waals surface area contributed by atoms with Crippen LogP contribution in [0.1, 0.15) is 5.56 Å². The van der Waals surface area contributed by atoms with E-state index in [-0.39, 0.29) is 18.4 Å². The van der Waals surface area contributed by atoms with Gasteiger partial charge in [-0.25, -0.2) is 9.97 Å². The molecule has 3 N–H and O–H groups in total. The summed E-state index contributed by atoms with van der Waals surface area (Å²) in [6.07, 6.45) is 1.41. The number of aromatic nitrogens is 2. The van der Waals surface area contributed by atoms with Gasteiger partial charge < -0.3 is 20.9 Å². The molecule has 33 heavy (non-hydrogen) atoms. The number of benzene rings is 2. The van der Waals surface area contributed by atoms with E-state index in [1.165, 1.54) is 23.0 Å². The minimum Gasteiger partial charge on any atom is -0.383 e. The third-order valence-corrected chi connectivity index (χ3v) is 7.14. The standard InChI is InChI=1S/C22H19ClN6O3S/c23-13-2-4-17-16(8-13)27-21(31)19(33-17)22(32)29-6-5-28(18(30)10-29)9-12-1-3-14-15(7-12)25-11-26-20(14)24/h1-4,7-8,11,19H,5-6,9-10H2,(H,27,31)(H2,24,25,26). The molecule has 2 aliphatic heterocycles. The van der Waals surface area contributed by atoms with Gasteiger partial charge in [0.1, 0.15) is 12.1 Å².